The Balaban J connectivity index is 1.58. The summed E-state index contributed by atoms with van der Waals surface area (Å²) in [6.07, 6.45) is 0.518. The molecule has 0 aromatic heterocycles. The van der Waals surface area contributed by atoms with Gasteiger partial charge in [-0.3, -0.25) is 0 Å². The first-order chi connectivity index (χ1) is 14.2. The molecule has 2 heterocycles. The summed E-state index contributed by atoms with van der Waals surface area (Å²) in [6.45, 7) is 2.62. The molecule has 4 nitrogen and oxygen atoms in total. The second-order valence-electron chi connectivity index (χ2n) is 7.17. The van der Waals surface area contributed by atoms with Gasteiger partial charge >= 0.3 is 0 Å². The predicted octanol–water partition coefficient (Wildman–Crippen LogP) is 5.98. The first kappa shape index (κ1) is 18.1. The van der Waals surface area contributed by atoms with Crippen LogP contribution < -0.4 is 9.47 Å². The van der Waals surface area contributed by atoms with Gasteiger partial charge in [-0.1, -0.05) is 54.1 Å². The molecule has 3 aromatic carbocycles. The van der Waals surface area contributed by atoms with Crippen LogP contribution in [-0.4, -0.2) is 17.3 Å². The van der Waals surface area contributed by atoms with E-state index in [2.05, 4.69) is 23.2 Å². The molecule has 0 saturated heterocycles. The van der Waals surface area contributed by atoms with Crippen molar-refractivity contribution in [3.05, 3.63) is 94.5 Å². The molecule has 0 radical (unpaired) electrons. The van der Waals surface area contributed by atoms with E-state index in [0.717, 1.165) is 40.3 Å². The van der Waals surface area contributed by atoms with Gasteiger partial charge in [0, 0.05) is 22.6 Å². The van der Waals surface area contributed by atoms with Gasteiger partial charge in [0.05, 0.1) is 18.4 Å². The maximum absolute atomic E-state index is 6.41. The Morgan fingerprint density at radius 1 is 1.07 bits per heavy atom. The molecule has 0 aliphatic carbocycles. The lowest BCUT2D eigenvalue weighted by atomic mass is 9.95. The van der Waals surface area contributed by atoms with Crippen LogP contribution >= 0.6 is 11.6 Å². The number of hydrogen-bond acceptors (Lipinski definition) is 4. The summed E-state index contributed by atoms with van der Waals surface area (Å²) in [6, 6.07) is 24.2. The molecule has 2 atom stereocenters. The van der Waals surface area contributed by atoms with Crippen LogP contribution in [0.25, 0.3) is 0 Å². The van der Waals surface area contributed by atoms with Crippen molar-refractivity contribution < 1.29 is 9.47 Å². The normalized spacial score (nSPS) is 19.8. The molecule has 0 unspecified atom stereocenters. The van der Waals surface area contributed by atoms with E-state index in [4.69, 9.17) is 26.2 Å². The second kappa shape index (κ2) is 7.45. The van der Waals surface area contributed by atoms with Crippen molar-refractivity contribution in [1.29, 1.82) is 0 Å². The Morgan fingerprint density at radius 3 is 2.62 bits per heavy atom. The molecule has 2 aliphatic heterocycles. The molecule has 0 fully saturated rings. The average Bonchev–Trinajstić information content (AvgIpc) is 3.21. The van der Waals surface area contributed by atoms with Crippen LogP contribution in [0.4, 0.5) is 0 Å². The Bertz CT molecular complexity index is 1050. The highest BCUT2D eigenvalue weighted by Crippen LogP contribution is 2.48. The summed E-state index contributed by atoms with van der Waals surface area (Å²) in [5.41, 5.74) is 4.33. The molecule has 0 bridgehead atoms. The number of halogens is 1. The smallest absolute Gasteiger partial charge is 0.213 e. The van der Waals surface area contributed by atoms with Crippen LogP contribution in [0.3, 0.4) is 0 Å². The third-order valence-corrected chi connectivity index (χ3v) is 5.59. The van der Waals surface area contributed by atoms with Crippen molar-refractivity contribution in [3.63, 3.8) is 0 Å². The van der Waals surface area contributed by atoms with Gasteiger partial charge in [-0.05, 0) is 42.8 Å². The highest BCUT2D eigenvalue weighted by molar-refractivity contribution is 6.30. The van der Waals surface area contributed by atoms with Crippen molar-refractivity contribution in [2.24, 2.45) is 5.10 Å². The van der Waals surface area contributed by atoms with Crippen LogP contribution in [0.2, 0.25) is 5.02 Å². The van der Waals surface area contributed by atoms with E-state index in [9.17, 15) is 0 Å². The van der Waals surface area contributed by atoms with Gasteiger partial charge in [0.1, 0.15) is 11.5 Å². The molecule has 0 spiro atoms. The Morgan fingerprint density at radius 2 is 1.86 bits per heavy atom. The summed E-state index contributed by atoms with van der Waals surface area (Å²) in [4.78, 5) is 0. The Labute approximate surface area is 175 Å². The Kier molecular flexibility index (Phi) is 4.64. The number of rotatable bonds is 4. The maximum atomic E-state index is 6.41. The molecule has 0 N–H and O–H groups in total. The minimum atomic E-state index is -0.302. The van der Waals surface area contributed by atoms with E-state index in [1.54, 1.807) is 0 Å². The summed E-state index contributed by atoms with van der Waals surface area (Å²) < 4.78 is 12.1. The summed E-state index contributed by atoms with van der Waals surface area (Å²) >= 11 is 6.10. The van der Waals surface area contributed by atoms with E-state index < -0.39 is 0 Å². The molecule has 5 heteroatoms. The second-order valence-corrected chi connectivity index (χ2v) is 7.60. The van der Waals surface area contributed by atoms with Gasteiger partial charge in [-0.15, -0.1) is 0 Å². The van der Waals surface area contributed by atoms with Crippen LogP contribution in [0.5, 0.6) is 11.5 Å². The number of hydrazone groups is 1. The van der Waals surface area contributed by atoms with E-state index in [1.807, 2.05) is 61.5 Å². The van der Waals surface area contributed by atoms with Gasteiger partial charge in [-0.25, -0.2) is 5.01 Å². The maximum Gasteiger partial charge on any atom is 0.213 e. The number of nitrogens with zero attached hydrogens (tertiary/aromatic N) is 2. The summed E-state index contributed by atoms with van der Waals surface area (Å²) in [5.74, 6) is 1.73. The highest BCUT2D eigenvalue weighted by atomic mass is 35.5. The van der Waals surface area contributed by atoms with E-state index in [1.165, 1.54) is 0 Å². The zero-order valence-corrected chi connectivity index (χ0v) is 16.8. The monoisotopic (exact) mass is 404 g/mol. The standard InChI is InChI=1S/C24H21ClN2O2/c1-2-28-19-12-13-23-20(14-19)22-15-21(16-6-4-3-5-7-16)26-27(22)24(29-23)17-8-10-18(25)11-9-17/h3-14,22,24H,2,15H2,1H3/t22-,24+/m1/s1. The SMILES string of the molecule is CCOc1ccc2c(c1)[C@H]1CC(c3ccccc3)=NN1[C@H](c1ccc(Cl)cc1)O2. The van der Waals surface area contributed by atoms with Crippen molar-refractivity contribution in [1.82, 2.24) is 5.01 Å². The van der Waals surface area contributed by atoms with Gasteiger partial charge < -0.3 is 9.47 Å². The van der Waals surface area contributed by atoms with Crippen LogP contribution in [0.1, 0.15) is 42.3 Å². The first-order valence-electron chi connectivity index (χ1n) is 9.83. The average molecular weight is 405 g/mol. The zero-order valence-electron chi connectivity index (χ0n) is 16.1. The van der Waals surface area contributed by atoms with Gasteiger partial charge in [0.15, 0.2) is 0 Å². The number of fused-ring (bicyclic) bond motifs is 3. The van der Waals surface area contributed by atoms with Crippen molar-refractivity contribution in [2.75, 3.05) is 6.61 Å². The molecule has 2 aliphatic rings. The molecular weight excluding hydrogens is 384 g/mol. The number of benzene rings is 3. The molecule has 0 saturated carbocycles. The molecular formula is C24H21ClN2O2. The van der Waals surface area contributed by atoms with Crippen LogP contribution in [0.15, 0.2) is 77.9 Å². The van der Waals surface area contributed by atoms with Crippen LogP contribution in [0, 0.1) is 0 Å². The fourth-order valence-corrected chi connectivity index (χ4v) is 4.10. The van der Waals surface area contributed by atoms with E-state index in [-0.39, 0.29) is 12.3 Å². The molecule has 146 valence electrons. The quantitative estimate of drug-likeness (QED) is 0.536. The molecule has 29 heavy (non-hydrogen) atoms. The zero-order chi connectivity index (χ0) is 19.8. The largest absolute Gasteiger partial charge is 0.494 e. The Hall–Kier alpha value is -2.98. The third-order valence-electron chi connectivity index (χ3n) is 5.33. The fourth-order valence-electron chi connectivity index (χ4n) is 3.97. The highest BCUT2D eigenvalue weighted by Gasteiger charge is 2.41. The molecule has 5 rings (SSSR count). The van der Waals surface area contributed by atoms with Gasteiger partial charge in [0.2, 0.25) is 6.23 Å². The van der Waals surface area contributed by atoms with Gasteiger partial charge in [-0.2, -0.15) is 5.10 Å². The minimum Gasteiger partial charge on any atom is -0.494 e. The fraction of sp³-hybridized carbons (Fsp3) is 0.208. The lowest BCUT2D eigenvalue weighted by Crippen LogP contribution is -2.33. The lowest BCUT2D eigenvalue weighted by Gasteiger charge is -2.38. The number of ether oxygens (including phenoxy) is 2. The molecule has 3 aromatic rings. The van der Waals surface area contributed by atoms with Crippen molar-refractivity contribution in [3.8, 4) is 11.5 Å². The number of hydrogen-bond donors (Lipinski definition) is 0. The predicted molar refractivity (Wildman–Crippen MR) is 115 cm³/mol. The van der Waals surface area contributed by atoms with E-state index in [0.29, 0.717) is 11.6 Å². The molecule has 0 amide bonds. The lowest BCUT2D eigenvalue weighted by molar-refractivity contribution is -0.0191. The van der Waals surface area contributed by atoms with Crippen molar-refractivity contribution in [2.45, 2.75) is 25.6 Å². The minimum absolute atomic E-state index is 0.0926. The first-order valence-corrected chi connectivity index (χ1v) is 10.2. The third kappa shape index (κ3) is 3.34. The van der Waals surface area contributed by atoms with Crippen molar-refractivity contribution >= 4 is 17.3 Å². The van der Waals surface area contributed by atoms with Crippen LogP contribution in [-0.2, 0) is 0 Å². The summed E-state index contributed by atoms with van der Waals surface area (Å²) in [5, 5.41) is 7.77. The van der Waals surface area contributed by atoms with Gasteiger partial charge in [0.25, 0.3) is 0 Å². The topological polar surface area (TPSA) is 34.1 Å². The van der Waals surface area contributed by atoms with E-state index >= 15 is 0 Å². The summed E-state index contributed by atoms with van der Waals surface area (Å²) in [7, 11) is 0.